The van der Waals surface area contributed by atoms with Gasteiger partial charge in [-0.1, -0.05) is 18.6 Å². The van der Waals surface area contributed by atoms with E-state index in [9.17, 15) is 9.18 Å². The van der Waals surface area contributed by atoms with Gasteiger partial charge in [-0.05, 0) is 37.6 Å². The number of nitrogens with zero attached hydrogens (tertiary/aromatic N) is 3. The number of rotatable bonds is 5. The molecule has 0 bridgehead atoms. The second-order valence-corrected chi connectivity index (χ2v) is 4.52. The van der Waals surface area contributed by atoms with Gasteiger partial charge in [-0.2, -0.15) is 0 Å². The fourth-order valence-electron chi connectivity index (χ4n) is 1.83. The zero-order chi connectivity index (χ0) is 14.5. The van der Waals surface area contributed by atoms with Crippen molar-refractivity contribution in [3.8, 4) is 5.69 Å². The van der Waals surface area contributed by atoms with E-state index in [-0.39, 0.29) is 11.7 Å². The Morgan fingerprint density at radius 1 is 1.35 bits per heavy atom. The molecule has 2 rings (SSSR count). The van der Waals surface area contributed by atoms with Crippen molar-refractivity contribution in [1.29, 1.82) is 0 Å². The lowest BCUT2D eigenvalue weighted by molar-refractivity contribution is 0.0947. The molecule has 0 radical (unpaired) electrons. The summed E-state index contributed by atoms with van der Waals surface area (Å²) in [6, 6.07) is 5.88. The molecule has 1 aromatic heterocycles. The van der Waals surface area contributed by atoms with Crippen molar-refractivity contribution in [2.24, 2.45) is 0 Å². The average molecular weight is 276 g/mol. The molecule has 0 aliphatic rings. The van der Waals surface area contributed by atoms with Crippen molar-refractivity contribution in [3.05, 3.63) is 41.5 Å². The topological polar surface area (TPSA) is 59.8 Å². The Labute approximate surface area is 116 Å². The van der Waals surface area contributed by atoms with Gasteiger partial charge in [0.25, 0.3) is 5.91 Å². The van der Waals surface area contributed by atoms with Crippen LogP contribution in [0.1, 0.15) is 35.9 Å². The van der Waals surface area contributed by atoms with E-state index in [1.165, 1.54) is 16.8 Å². The van der Waals surface area contributed by atoms with E-state index in [4.69, 9.17) is 0 Å². The maximum Gasteiger partial charge on any atom is 0.273 e. The minimum atomic E-state index is -0.316. The number of halogens is 1. The largest absolute Gasteiger partial charge is 0.351 e. The predicted octanol–water partition coefficient (Wildman–Crippen LogP) is 2.24. The maximum atomic E-state index is 12.9. The smallest absolute Gasteiger partial charge is 0.273 e. The summed E-state index contributed by atoms with van der Waals surface area (Å²) >= 11 is 0. The zero-order valence-electron chi connectivity index (χ0n) is 11.6. The number of hydrogen-bond acceptors (Lipinski definition) is 3. The van der Waals surface area contributed by atoms with Crippen LogP contribution in [0.25, 0.3) is 5.69 Å². The third-order valence-electron chi connectivity index (χ3n) is 3.00. The van der Waals surface area contributed by atoms with Gasteiger partial charge in [0, 0.05) is 6.54 Å². The van der Waals surface area contributed by atoms with Crippen LogP contribution in [0.5, 0.6) is 0 Å². The highest BCUT2D eigenvalue weighted by molar-refractivity contribution is 5.93. The van der Waals surface area contributed by atoms with Crippen molar-refractivity contribution in [1.82, 2.24) is 20.3 Å². The Morgan fingerprint density at radius 3 is 2.70 bits per heavy atom. The van der Waals surface area contributed by atoms with Crippen LogP contribution in [0.4, 0.5) is 4.39 Å². The second-order valence-electron chi connectivity index (χ2n) is 4.52. The standard InChI is InChI=1S/C14H17FN4O/c1-3-4-9-16-14(20)13-10(2)19(18-17-13)12-7-5-11(15)6-8-12/h5-8H,3-4,9H2,1-2H3,(H,16,20). The summed E-state index contributed by atoms with van der Waals surface area (Å²) in [6.45, 7) is 4.44. The van der Waals surface area contributed by atoms with Gasteiger partial charge in [-0.3, -0.25) is 4.79 Å². The van der Waals surface area contributed by atoms with Gasteiger partial charge in [0.15, 0.2) is 5.69 Å². The highest BCUT2D eigenvalue weighted by atomic mass is 19.1. The summed E-state index contributed by atoms with van der Waals surface area (Å²) in [4.78, 5) is 12.0. The summed E-state index contributed by atoms with van der Waals surface area (Å²) in [7, 11) is 0. The Balaban J connectivity index is 2.18. The summed E-state index contributed by atoms with van der Waals surface area (Å²) < 4.78 is 14.4. The third kappa shape index (κ3) is 3.01. The predicted molar refractivity (Wildman–Crippen MR) is 73.3 cm³/mol. The van der Waals surface area contributed by atoms with Crippen LogP contribution in [0.2, 0.25) is 0 Å². The Morgan fingerprint density at radius 2 is 2.05 bits per heavy atom. The van der Waals surface area contributed by atoms with Crippen LogP contribution in [0, 0.1) is 12.7 Å². The van der Waals surface area contributed by atoms with Gasteiger partial charge >= 0.3 is 0 Å². The number of carbonyl (C=O) groups is 1. The third-order valence-corrected chi connectivity index (χ3v) is 3.00. The van der Waals surface area contributed by atoms with Crippen LogP contribution in [0.3, 0.4) is 0 Å². The Hall–Kier alpha value is -2.24. The molecule has 1 heterocycles. The van der Waals surface area contributed by atoms with E-state index in [1.807, 2.05) is 0 Å². The monoisotopic (exact) mass is 276 g/mol. The minimum absolute atomic E-state index is 0.232. The highest BCUT2D eigenvalue weighted by Crippen LogP contribution is 2.12. The fourth-order valence-corrected chi connectivity index (χ4v) is 1.83. The van der Waals surface area contributed by atoms with Crippen LogP contribution in [0.15, 0.2) is 24.3 Å². The van der Waals surface area contributed by atoms with Gasteiger partial charge in [-0.15, -0.1) is 5.10 Å². The molecular weight excluding hydrogens is 259 g/mol. The number of carbonyl (C=O) groups excluding carboxylic acids is 1. The molecule has 0 atom stereocenters. The lowest BCUT2D eigenvalue weighted by atomic mass is 10.2. The summed E-state index contributed by atoms with van der Waals surface area (Å²) in [5.74, 6) is -0.548. The Kier molecular flexibility index (Phi) is 4.45. The number of unbranched alkanes of at least 4 members (excludes halogenated alkanes) is 1. The van der Waals surface area contributed by atoms with Crippen LogP contribution >= 0.6 is 0 Å². The molecule has 1 N–H and O–H groups in total. The van der Waals surface area contributed by atoms with Crippen LogP contribution in [-0.2, 0) is 0 Å². The lowest BCUT2D eigenvalue weighted by Gasteiger charge is -2.04. The van der Waals surface area contributed by atoms with Gasteiger partial charge in [-0.25, -0.2) is 9.07 Å². The number of benzene rings is 1. The molecule has 20 heavy (non-hydrogen) atoms. The molecule has 0 aliphatic heterocycles. The molecular formula is C14H17FN4O. The van der Waals surface area contributed by atoms with Crippen molar-refractivity contribution < 1.29 is 9.18 Å². The maximum absolute atomic E-state index is 12.9. The lowest BCUT2D eigenvalue weighted by Crippen LogP contribution is -2.25. The molecule has 6 heteroatoms. The molecule has 0 saturated heterocycles. The number of amides is 1. The van der Waals surface area contributed by atoms with Crippen molar-refractivity contribution in [2.75, 3.05) is 6.54 Å². The van der Waals surface area contributed by atoms with E-state index >= 15 is 0 Å². The molecule has 1 amide bonds. The van der Waals surface area contributed by atoms with Gasteiger partial charge < -0.3 is 5.32 Å². The van der Waals surface area contributed by atoms with E-state index < -0.39 is 0 Å². The SMILES string of the molecule is CCCCNC(=O)c1nnn(-c2ccc(F)cc2)c1C. The van der Waals surface area contributed by atoms with Gasteiger partial charge in [0.05, 0.1) is 11.4 Å². The minimum Gasteiger partial charge on any atom is -0.351 e. The summed E-state index contributed by atoms with van der Waals surface area (Å²) in [6.07, 6.45) is 1.94. The first-order valence-electron chi connectivity index (χ1n) is 6.60. The summed E-state index contributed by atoms with van der Waals surface area (Å²) in [5.41, 5.74) is 1.60. The first-order chi connectivity index (χ1) is 9.63. The second kappa shape index (κ2) is 6.27. The normalized spacial score (nSPS) is 10.6. The van der Waals surface area contributed by atoms with E-state index in [1.54, 1.807) is 19.1 Å². The molecule has 5 nitrogen and oxygen atoms in total. The molecule has 2 aromatic rings. The van der Waals surface area contributed by atoms with E-state index in [0.717, 1.165) is 12.8 Å². The number of aromatic nitrogens is 3. The van der Waals surface area contributed by atoms with Crippen molar-refractivity contribution >= 4 is 5.91 Å². The van der Waals surface area contributed by atoms with E-state index in [0.29, 0.717) is 23.6 Å². The molecule has 0 spiro atoms. The number of hydrogen-bond donors (Lipinski definition) is 1. The van der Waals surface area contributed by atoms with E-state index in [2.05, 4.69) is 22.6 Å². The molecule has 0 unspecified atom stereocenters. The van der Waals surface area contributed by atoms with Crippen LogP contribution < -0.4 is 5.32 Å². The zero-order valence-corrected chi connectivity index (χ0v) is 11.6. The first-order valence-corrected chi connectivity index (χ1v) is 6.60. The first kappa shape index (κ1) is 14.2. The van der Waals surface area contributed by atoms with Gasteiger partial charge in [0.1, 0.15) is 5.82 Å². The van der Waals surface area contributed by atoms with Crippen LogP contribution in [-0.4, -0.2) is 27.4 Å². The Bertz CT molecular complexity index is 592. The average Bonchev–Trinajstić information content (AvgIpc) is 2.82. The quantitative estimate of drug-likeness (QED) is 0.852. The van der Waals surface area contributed by atoms with Crippen molar-refractivity contribution in [3.63, 3.8) is 0 Å². The molecule has 0 aliphatic carbocycles. The van der Waals surface area contributed by atoms with Gasteiger partial charge in [0.2, 0.25) is 0 Å². The van der Waals surface area contributed by atoms with Crippen molar-refractivity contribution in [2.45, 2.75) is 26.7 Å². The summed E-state index contributed by atoms with van der Waals surface area (Å²) in [5, 5.41) is 10.6. The molecule has 0 saturated carbocycles. The highest BCUT2D eigenvalue weighted by Gasteiger charge is 2.16. The molecule has 0 fully saturated rings. The number of nitrogens with one attached hydrogen (secondary N) is 1. The molecule has 106 valence electrons. The molecule has 1 aromatic carbocycles. The fraction of sp³-hybridized carbons (Fsp3) is 0.357.